The summed E-state index contributed by atoms with van der Waals surface area (Å²) in [6.45, 7) is 2.68. The van der Waals surface area contributed by atoms with Crippen molar-refractivity contribution in [3.05, 3.63) is 24.0 Å². The average Bonchev–Trinajstić information content (AvgIpc) is 2.77. The van der Waals surface area contributed by atoms with Gasteiger partial charge in [0.25, 0.3) is 0 Å². The standard InChI is InChI=1S/C13H17FN2O3S/c1-8-5-6-15-12(8)13(17)16-11-7-9(20(2,18)19)3-4-10(11)14/h3-4,7-8,12,15H,5-6H2,1-2H3,(H,16,17). The Morgan fingerprint density at radius 1 is 1.45 bits per heavy atom. The molecule has 0 aliphatic carbocycles. The van der Waals surface area contributed by atoms with Gasteiger partial charge in [-0.15, -0.1) is 0 Å². The van der Waals surface area contributed by atoms with Crippen molar-refractivity contribution in [1.82, 2.24) is 5.32 Å². The minimum Gasteiger partial charge on any atom is -0.322 e. The fourth-order valence-corrected chi connectivity index (χ4v) is 2.87. The zero-order valence-corrected chi connectivity index (χ0v) is 12.1. The number of anilines is 1. The molecule has 2 atom stereocenters. The van der Waals surface area contributed by atoms with Gasteiger partial charge in [0.1, 0.15) is 5.82 Å². The van der Waals surface area contributed by atoms with Gasteiger partial charge in [0.15, 0.2) is 9.84 Å². The van der Waals surface area contributed by atoms with Gasteiger partial charge >= 0.3 is 0 Å². The molecule has 7 heteroatoms. The van der Waals surface area contributed by atoms with Crippen LogP contribution in [0.5, 0.6) is 0 Å². The molecule has 0 saturated carbocycles. The highest BCUT2D eigenvalue weighted by Gasteiger charge is 2.29. The third kappa shape index (κ3) is 3.16. The molecule has 0 aromatic heterocycles. The summed E-state index contributed by atoms with van der Waals surface area (Å²) < 4.78 is 36.6. The number of nitrogens with one attached hydrogen (secondary N) is 2. The van der Waals surface area contributed by atoms with Crippen LogP contribution < -0.4 is 10.6 Å². The van der Waals surface area contributed by atoms with E-state index >= 15 is 0 Å². The molecule has 0 spiro atoms. The first-order chi connectivity index (χ1) is 9.29. The Hall–Kier alpha value is -1.47. The molecule has 1 heterocycles. The van der Waals surface area contributed by atoms with Crippen LogP contribution >= 0.6 is 0 Å². The van der Waals surface area contributed by atoms with Gasteiger partial charge in [0.05, 0.1) is 16.6 Å². The predicted octanol–water partition coefficient (Wildman–Crippen LogP) is 1.17. The van der Waals surface area contributed by atoms with Crippen molar-refractivity contribution in [2.45, 2.75) is 24.3 Å². The van der Waals surface area contributed by atoms with E-state index in [9.17, 15) is 17.6 Å². The van der Waals surface area contributed by atoms with Crippen LogP contribution in [0.1, 0.15) is 13.3 Å². The van der Waals surface area contributed by atoms with E-state index in [0.29, 0.717) is 0 Å². The summed E-state index contributed by atoms with van der Waals surface area (Å²) in [5.74, 6) is -0.841. The first-order valence-corrected chi connectivity index (χ1v) is 8.22. The maximum atomic E-state index is 13.7. The van der Waals surface area contributed by atoms with Gasteiger partial charge in [-0.1, -0.05) is 6.92 Å². The van der Waals surface area contributed by atoms with E-state index in [1.807, 2.05) is 6.92 Å². The molecule has 2 rings (SSSR count). The average molecular weight is 300 g/mol. The van der Waals surface area contributed by atoms with Gasteiger partial charge in [-0.25, -0.2) is 12.8 Å². The lowest BCUT2D eigenvalue weighted by molar-refractivity contribution is -0.118. The highest BCUT2D eigenvalue weighted by molar-refractivity contribution is 7.90. The highest BCUT2D eigenvalue weighted by Crippen LogP contribution is 2.21. The summed E-state index contributed by atoms with van der Waals surface area (Å²) in [6, 6.07) is 2.98. The number of carbonyl (C=O) groups excluding carboxylic acids is 1. The normalized spacial score (nSPS) is 22.8. The third-order valence-corrected chi connectivity index (χ3v) is 4.55. The fourth-order valence-electron chi connectivity index (χ4n) is 2.23. The summed E-state index contributed by atoms with van der Waals surface area (Å²) in [5, 5.41) is 5.49. The molecular formula is C13H17FN2O3S. The molecule has 1 amide bonds. The second-order valence-corrected chi connectivity index (χ2v) is 7.12. The Bertz CT molecular complexity index is 631. The molecule has 20 heavy (non-hydrogen) atoms. The Kier molecular flexibility index (Phi) is 4.10. The summed E-state index contributed by atoms with van der Waals surface area (Å²) in [4.78, 5) is 12.0. The van der Waals surface area contributed by atoms with Gasteiger partial charge in [0, 0.05) is 6.26 Å². The van der Waals surface area contributed by atoms with Crippen molar-refractivity contribution < 1.29 is 17.6 Å². The Labute approximate surface area is 117 Å². The lowest BCUT2D eigenvalue weighted by Crippen LogP contribution is -2.39. The van der Waals surface area contributed by atoms with Crippen LogP contribution in [0.2, 0.25) is 0 Å². The van der Waals surface area contributed by atoms with E-state index in [0.717, 1.165) is 31.4 Å². The number of benzene rings is 1. The van der Waals surface area contributed by atoms with Crippen LogP contribution in [0.25, 0.3) is 0 Å². The van der Waals surface area contributed by atoms with E-state index in [-0.39, 0.29) is 28.4 Å². The van der Waals surface area contributed by atoms with E-state index in [1.165, 1.54) is 6.07 Å². The maximum absolute atomic E-state index is 13.7. The molecule has 1 aromatic carbocycles. The Morgan fingerprint density at radius 2 is 2.15 bits per heavy atom. The molecule has 1 aliphatic heterocycles. The van der Waals surface area contributed by atoms with Gasteiger partial charge in [-0.2, -0.15) is 0 Å². The molecule has 0 bridgehead atoms. The van der Waals surface area contributed by atoms with E-state index in [4.69, 9.17) is 0 Å². The van der Waals surface area contributed by atoms with E-state index in [2.05, 4.69) is 10.6 Å². The molecular weight excluding hydrogens is 283 g/mol. The van der Waals surface area contributed by atoms with Crippen molar-refractivity contribution in [3.63, 3.8) is 0 Å². The topological polar surface area (TPSA) is 75.3 Å². The number of halogens is 1. The summed E-state index contributed by atoms with van der Waals surface area (Å²) in [5.41, 5.74) is -0.112. The van der Waals surface area contributed by atoms with Crippen LogP contribution in [0, 0.1) is 11.7 Å². The number of amides is 1. The molecule has 1 aliphatic rings. The first kappa shape index (κ1) is 14.9. The third-order valence-electron chi connectivity index (χ3n) is 3.44. The van der Waals surface area contributed by atoms with Crippen molar-refractivity contribution in [1.29, 1.82) is 0 Å². The number of rotatable bonds is 3. The van der Waals surface area contributed by atoms with Crippen molar-refractivity contribution in [2.75, 3.05) is 18.1 Å². The lowest BCUT2D eigenvalue weighted by Gasteiger charge is -2.16. The molecule has 1 fully saturated rings. The van der Waals surface area contributed by atoms with Gasteiger partial charge in [-0.05, 0) is 37.1 Å². The SMILES string of the molecule is CC1CCNC1C(=O)Nc1cc(S(C)(=O)=O)ccc1F. The van der Waals surface area contributed by atoms with Gasteiger partial charge in [-0.3, -0.25) is 4.79 Å². The molecule has 1 saturated heterocycles. The molecule has 5 nitrogen and oxygen atoms in total. The number of hydrogen-bond donors (Lipinski definition) is 2. The van der Waals surface area contributed by atoms with Gasteiger partial charge < -0.3 is 10.6 Å². The smallest absolute Gasteiger partial charge is 0.241 e. The maximum Gasteiger partial charge on any atom is 0.241 e. The van der Waals surface area contributed by atoms with E-state index in [1.54, 1.807) is 0 Å². The summed E-state index contributed by atoms with van der Waals surface area (Å²) in [7, 11) is -3.44. The highest BCUT2D eigenvalue weighted by atomic mass is 32.2. The van der Waals surface area contributed by atoms with Gasteiger partial charge in [0.2, 0.25) is 5.91 Å². The quantitative estimate of drug-likeness (QED) is 0.822. The van der Waals surface area contributed by atoms with Crippen molar-refractivity contribution in [2.24, 2.45) is 5.92 Å². The largest absolute Gasteiger partial charge is 0.322 e. The second kappa shape index (κ2) is 5.49. The number of carbonyl (C=O) groups is 1. The van der Waals surface area contributed by atoms with Crippen LogP contribution in [0.15, 0.2) is 23.1 Å². The van der Waals surface area contributed by atoms with E-state index < -0.39 is 15.7 Å². The lowest BCUT2D eigenvalue weighted by atomic mass is 10.0. The van der Waals surface area contributed by atoms with Crippen molar-refractivity contribution >= 4 is 21.4 Å². The molecule has 2 unspecified atom stereocenters. The number of hydrogen-bond acceptors (Lipinski definition) is 4. The van der Waals surface area contributed by atoms with Crippen LogP contribution in [-0.4, -0.2) is 33.2 Å². The summed E-state index contributed by atoms with van der Waals surface area (Å²) in [6.07, 6.45) is 1.91. The summed E-state index contributed by atoms with van der Waals surface area (Å²) >= 11 is 0. The van der Waals surface area contributed by atoms with Crippen molar-refractivity contribution in [3.8, 4) is 0 Å². The molecule has 0 radical (unpaired) electrons. The Morgan fingerprint density at radius 3 is 2.70 bits per heavy atom. The molecule has 1 aromatic rings. The van der Waals surface area contributed by atoms with Crippen LogP contribution in [-0.2, 0) is 14.6 Å². The number of sulfone groups is 1. The van der Waals surface area contributed by atoms with Crippen LogP contribution in [0.3, 0.4) is 0 Å². The molecule has 110 valence electrons. The zero-order valence-electron chi connectivity index (χ0n) is 11.3. The predicted molar refractivity (Wildman–Crippen MR) is 73.7 cm³/mol. The minimum absolute atomic E-state index is 0.0263. The van der Waals surface area contributed by atoms with Crippen LogP contribution in [0.4, 0.5) is 10.1 Å². The Balaban J connectivity index is 2.22. The molecule has 2 N–H and O–H groups in total. The second-order valence-electron chi connectivity index (χ2n) is 5.10. The first-order valence-electron chi connectivity index (χ1n) is 6.33. The fraction of sp³-hybridized carbons (Fsp3) is 0.462. The monoisotopic (exact) mass is 300 g/mol. The minimum atomic E-state index is -3.44. The zero-order chi connectivity index (χ0) is 14.9.